The average molecular weight is 1110 g/mol. The molecule has 3 heterocycles. The fraction of sp³-hybridized carbons (Fsp3) is 0.378. The maximum Gasteiger partial charge on any atom is 0.435 e. The van der Waals surface area contributed by atoms with Gasteiger partial charge in [-0.05, 0) is 62.1 Å². The second-order valence-electron chi connectivity index (χ2n) is 17.6. The molecule has 0 saturated heterocycles. The van der Waals surface area contributed by atoms with Crippen LogP contribution in [-0.4, -0.2) is 108 Å². The molecule has 0 saturated carbocycles. The minimum absolute atomic E-state index is 0.0406. The molecule has 7 rings (SSSR count). The quantitative estimate of drug-likeness (QED) is 0.0732. The Bertz CT molecular complexity index is 3520. The number of amides is 3. The van der Waals surface area contributed by atoms with Crippen LogP contribution in [0.1, 0.15) is 59.7 Å². The van der Waals surface area contributed by atoms with E-state index in [2.05, 4.69) is 48.9 Å². The zero-order valence-corrected chi connectivity index (χ0v) is 41.4. The number of sulfone groups is 1. The summed E-state index contributed by atoms with van der Waals surface area (Å²) in [4.78, 5) is 45.2. The summed E-state index contributed by atoms with van der Waals surface area (Å²) in [5.74, 6) is -3.85. The van der Waals surface area contributed by atoms with Crippen molar-refractivity contribution in [1.82, 2.24) is 34.8 Å². The Hall–Kier alpha value is -6.91. The number of hydrogen-bond acceptors (Lipinski definition) is 11. The van der Waals surface area contributed by atoms with Crippen LogP contribution in [-0.2, 0) is 65.8 Å². The lowest BCUT2D eigenvalue weighted by atomic mass is 9.84. The van der Waals surface area contributed by atoms with Crippen LogP contribution >= 0.6 is 11.6 Å². The Morgan fingerprint density at radius 3 is 2.14 bits per heavy atom. The molecule has 3 aromatic heterocycles. The summed E-state index contributed by atoms with van der Waals surface area (Å²) in [6.45, 7) is -1.83. The molecule has 2 aliphatic rings. The molecule has 1 N–H and O–H groups in total. The molecule has 0 aliphatic heterocycles. The fourth-order valence-corrected chi connectivity index (χ4v) is 9.40. The zero-order chi connectivity index (χ0) is 55.0. The van der Waals surface area contributed by atoms with Gasteiger partial charge in [0.1, 0.15) is 53.3 Å². The molecule has 0 fully saturated rings. The fourth-order valence-electron chi connectivity index (χ4n) is 8.06. The number of nitrogens with one attached hydrogen (secondary N) is 1. The Labute approximate surface area is 418 Å². The molecule has 0 unspecified atom stereocenters. The van der Waals surface area contributed by atoms with E-state index in [1.165, 1.54) is 13.8 Å². The first-order valence-corrected chi connectivity index (χ1v) is 25.3. The third kappa shape index (κ3) is 10.7. The minimum Gasteiger partial charge on any atom is -0.468 e. The number of nitrogens with zero attached hydrogens (tertiary/aromatic N) is 7. The van der Waals surface area contributed by atoms with Crippen LogP contribution in [0.2, 0.25) is 5.02 Å². The number of esters is 1. The van der Waals surface area contributed by atoms with E-state index in [0.29, 0.717) is 17.2 Å². The van der Waals surface area contributed by atoms with Gasteiger partial charge in [0, 0.05) is 36.1 Å². The number of sulfonamides is 1. The van der Waals surface area contributed by atoms with Crippen molar-refractivity contribution in [3.8, 4) is 34.8 Å². The number of carbonyl (C=O) groups excluding carboxylic acids is 3. The van der Waals surface area contributed by atoms with Gasteiger partial charge in [0.2, 0.25) is 15.9 Å². The average Bonchev–Trinajstić information content (AvgIpc) is 3.83. The topological polar surface area (TPSA) is 196 Å². The first kappa shape index (κ1) is 54.9. The van der Waals surface area contributed by atoms with Gasteiger partial charge in [-0.3, -0.25) is 19.0 Å². The predicted molar refractivity (Wildman–Crippen MR) is 243 cm³/mol. The Kier molecular flexibility index (Phi) is 14.2. The summed E-state index contributed by atoms with van der Waals surface area (Å²) in [6, 6.07) is 2.99. The molecule has 3 amide bonds. The molecule has 394 valence electrons. The van der Waals surface area contributed by atoms with E-state index in [4.69, 9.17) is 11.6 Å². The van der Waals surface area contributed by atoms with E-state index in [-0.39, 0.29) is 30.5 Å². The molecule has 2 aliphatic carbocycles. The van der Waals surface area contributed by atoms with Crippen LogP contribution in [0.5, 0.6) is 0 Å². The van der Waals surface area contributed by atoms with Gasteiger partial charge in [-0.1, -0.05) is 35.4 Å². The second kappa shape index (κ2) is 19.1. The van der Waals surface area contributed by atoms with Crippen LogP contribution in [0.25, 0.3) is 22.0 Å². The molecule has 5 aromatic rings. The maximum atomic E-state index is 15.8. The summed E-state index contributed by atoms with van der Waals surface area (Å²) >= 11 is 6.63. The van der Waals surface area contributed by atoms with Gasteiger partial charge in [0.25, 0.3) is 0 Å². The standard InChI is InChI=1S/C45H37ClF10N8O8S2/c1-42(2,73(5,68)69)14-13-25-7-8-26(27-10-12-30(46)35-37(27)63(21-43(49,50)51)60-40(35)64(74(6,70)71)41(67)61(3)20-33(66)72-4)36(57-25)31(17-22-15-23(47)18-24(48)16-22)58-32(65)19-62-39-34(38(59-62)45(54,55)56)28-9-11-29(28)44(39,52)53/h7-8,10,12,15-16,18,28-29,31H,17,19-21H2,1-6H3,(H,58,65)/t28-,29+,31-/m0/s1. The van der Waals surface area contributed by atoms with Gasteiger partial charge in [-0.15, -0.1) is 0 Å². The second-order valence-corrected chi connectivity index (χ2v) is 22.4. The number of methoxy groups -OCH3 is 1. The number of alkyl halides is 8. The highest BCUT2D eigenvalue weighted by Crippen LogP contribution is 2.58. The number of carbonyl (C=O) groups is 3. The molecule has 0 bridgehead atoms. The molecule has 3 atom stereocenters. The van der Waals surface area contributed by atoms with Crippen LogP contribution in [0.3, 0.4) is 0 Å². The van der Waals surface area contributed by atoms with Crippen molar-refractivity contribution in [2.45, 2.75) is 68.3 Å². The number of urea groups is 1. The molecule has 0 spiro atoms. The van der Waals surface area contributed by atoms with Crippen LogP contribution in [0, 0.1) is 41.2 Å². The van der Waals surface area contributed by atoms with E-state index in [0.717, 1.165) is 56.8 Å². The smallest absolute Gasteiger partial charge is 0.435 e. The van der Waals surface area contributed by atoms with Crippen molar-refractivity contribution in [2.24, 2.45) is 5.92 Å². The summed E-state index contributed by atoms with van der Waals surface area (Å²) in [5.41, 5.74) is -6.55. The zero-order valence-electron chi connectivity index (χ0n) is 39.0. The highest BCUT2D eigenvalue weighted by atomic mass is 35.5. The maximum absolute atomic E-state index is 15.8. The SMILES string of the molecule is COC(=O)CN(C)C(=O)N(c1nn(CC(F)(F)F)c2c(-c3ccc(C#CC(C)(C)S(C)(=O)=O)nc3[C@H](Cc3cc(F)cc(F)c3)NC(=O)Cn3nc(C(F)(F)F)c4c3C(F)(F)[C@@H]3C#C[C@H]43)ccc(Cl)c12)S(C)(=O)=O. The van der Waals surface area contributed by atoms with E-state index in [1.54, 1.807) is 0 Å². The normalized spacial score (nSPS) is 16.4. The first-order valence-electron chi connectivity index (χ1n) is 21.2. The van der Waals surface area contributed by atoms with Gasteiger partial charge >= 0.3 is 30.3 Å². The van der Waals surface area contributed by atoms with Crippen LogP contribution < -0.4 is 9.62 Å². The van der Waals surface area contributed by atoms with Crippen molar-refractivity contribution in [3.05, 3.63) is 93.0 Å². The van der Waals surface area contributed by atoms with Gasteiger partial charge in [0.15, 0.2) is 21.3 Å². The predicted octanol–water partition coefficient (Wildman–Crippen LogP) is 6.90. The molecule has 16 nitrogen and oxygen atoms in total. The molecular formula is C45H37ClF10N8O8S2. The van der Waals surface area contributed by atoms with Crippen LogP contribution in [0.4, 0.5) is 54.5 Å². The lowest BCUT2D eigenvalue weighted by Crippen LogP contribution is -2.46. The minimum atomic E-state index is -5.31. The van der Waals surface area contributed by atoms with Crippen molar-refractivity contribution in [1.29, 1.82) is 0 Å². The lowest BCUT2D eigenvalue weighted by molar-refractivity contribution is -0.143. The summed E-state index contributed by atoms with van der Waals surface area (Å²) < 4.78 is 203. The van der Waals surface area contributed by atoms with Crippen molar-refractivity contribution in [2.75, 3.05) is 37.5 Å². The third-order valence-corrected chi connectivity index (χ3v) is 15.0. The molecule has 74 heavy (non-hydrogen) atoms. The lowest BCUT2D eigenvalue weighted by Gasteiger charge is -2.25. The molecule has 29 heteroatoms. The molecule has 0 radical (unpaired) electrons. The highest BCUT2D eigenvalue weighted by molar-refractivity contribution is 7.93. The van der Waals surface area contributed by atoms with Gasteiger partial charge in [-0.25, -0.2) is 35.4 Å². The summed E-state index contributed by atoms with van der Waals surface area (Å²) in [7, 11) is -6.93. The number of aromatic nitrogens is 5. The van der Waals surface area contributed by atoms with Crippen molar-refractivity contribution in [3.63, 3.8) is 0 Å². The number of benzene rings is 2. The Balaban J connectivity index is 1.49. The van der Waals surface area contributed by atoms with Crippen molar-refractivity contribution >= 4 is 66.1 Å². The summed E-state index contributed by atoms with van der Waals surface area (Å²) in [5, 5.41) is 8.47. The van der Waals surface area contributed by atoms with E-state index < -0.39 is 166 Å². The number of hydrogen-bond donors (Lipinski definition) is 1. The Morgan fingerprint density at radius 2 is 1.58 bits per heavy atom. The van der Waals surface area contributed by atoms with Gasteiger partial charge in [-0.2, -0.15) is 49.6 Å². The van der Waals surface area contributed by atoms with Crippen molar-refractivity contribution < 1.29 is 79.9 Å². The van der Waals surface area contributed by atoms with E-state index in [9.17, 15) is 66.3 Å². The third-order valence-electron chi connectivity index (χ3n) is 11.7. The summed E-state index contributed by atoms with van der Waals surface area (Å²) in [6.07, 6.45) is -9.88. The Morgan fingerprint density at radius 1 is 0.946 bits per heavy atom. The number of likely N-dealkylation sites (N-methyl/N-ethyl adjacent to an activating group) is 1. The number of fused-ring (bicyclic) bond motifs is 4. The van der Waals surface area contributed by atoms with Crippen LogP contribution in [0.15, 0.2) is 42.5 Å². The number of halogens is 11. The highest BCUT2D eigenvalue weighted by Gasteiger charge is 2.62. The largest absolute Gasteiger partial charge is 0.468 e. The number of pyridine rings is 1. The van der Waals surface area contributed by atoms with Gasteiger partial charge < -0.3 is 15.0 Å². The van der Waals surface area contributed by atoms with E-state index in [1.807, 2.05) is 0 Å². The van der Waals surface area contributed by atoms with E-state index >= 15 is 8.78 Å². The number of rotatable bonds is 13. The molecule has 2 aromatic carbocycles. The monoisotopic (exact) mass is 1110 g/mol. The number of ether oxygens (including phenoxy) is 1. The first-order chi connectivity index (χ1) is 34.0. The van der Waals surface area contributed by atoms with Gasteiger partial charge in [0.05, 0.1) is 46.9 Å². The number of anilines is 1. The molecular weight excluding hydrogens is 1070 g/mol.